The minimum Gasteiger partial charge on any atom is -0.478 e. The molecule has 0 aliphatic rings. The fourth-order valence-corrected chi connectivity index (χ4v) is 3.07. The summed E-state index contributed by atoms with van der Waals surface area (Å²) in [5.74, 6) is -1.83. The molecule has 0 bridgehead atoms. The third-order valence-corrected chi connectivity index (χ3v) is 4.47. The van der Waals surface area contributed by atoms with Crippen molar-refractivity contribution in [3.05, 3.63) is 83.0 Å². The Kier molecular flexibility index (Phi) is 4.05. The van der Waals surface area contributed by atoms with Gasteiger partial charge in [-0.15, -0.1) is 0 Å². The predicted octanol–water partition coefficient (Wildman–Crippen LogP) is 5.08. The average Bonchev–Trinajstić information content (AvgIpc) is 3.28. The number of carboxylic acid groups (broad SMARTS) is 1. The maximum atomic E-state index is 13.3. The Morgan fingerprint density at radius 1 is 1.07 bits per heavy atom. The Hall–Kier alpha value is -3.38. The van der Waals surface area contributed by atoms with Crippen LogP contribution >= 0.6 is 11.6 Å². The van der Waals surface area contributed by atoms with E-state index in [-0.39, 0.29) is 16.3 Å². The number of rotatable bonds is 3. The molecule has 7 heteroatoms. The van der Waals surface area contributed by atoms with Crippen LogP contribution in [0.15, 0.2) is 65.2 Å². The number of aromatic nitrogens is 1. The Morgan fingerprint density at radius 3 is 2.59 bits per heavy atom. The van der Waals surface area contributed by atoms with E-state index in [4.69, 9.17) is 16.0 Å². The number of carbonyl (C=O) groups excluding carboxylic acids is 1. The average molecular weight is 384 g/mol. The number of carboxylic acids is 1. The summed E-state index contributed by atoms with van der Waals surface area (Å²) in [5, 5.41) is 9.76. The van der Waals surface area contributed by atoms with Crippen molar-refractivity contribution in [3.8, 4) is 11.3 Å². The van der Waals surface area contributed by atoms with Gasteiger partial charge < -0.3 is 9.52 Å². The number of aromatic carboxylic acids is 1. The molecule has 0 radical (unpaired) electrons. The zero-order chi connectivity index (χ0) is 19.1. The molecule has 2 aromatic heterocycles. The van der Waals surface area contributed by atoms with Crippen molar-refractivity contribution in [2.45, 2.75) is 0 Å². The molecule has 0 aliphatic carbocycles. The summed E-state index contributed by atoms with van der Waals surface area (Å²) >= 11 is 5.78. The molecule has 0 spiro atoms. The third-order valence-electron chi connectivity index (χ3n) is 4.18. The van der Waals surface area contributed by atoms with Gasteiger partial charge in [-0.05, 0) is 36.4 Å². The van der Waals surface area contributed by atoms with Crippen LogP contribution in [0.2, 0.25) is 5.02 Å². The summed E-state index contributed by atoms with van der Waals surface area (Å²) < 4.78 is 20.2. The lowest BCUT2D eigenvalue weighted by Gasteiger charge is -2.02. The molecule has 0 unspecified atom stereocenters. The number of halogens is 2. The van der Waals surface area contributed by atoms with Gasteiger partial charge in [-0.25, -0.2) is 9.18 Å². The van der Waals surface area contributed by atoms with Gasteiger partial charge in [0.2, 0.25) is 0 Å². The molecule has 0 fully saturated rings. The van der Waals surface area contributed by atoms with Gasteiger partial charge in [0, 0.05) is 17.1 Å². The second-order valence-electron chi connectivity index (χ2n) is 5.83. The van der Waals surface area contributed by atoms with E-state index < -0.39 is 17.7 Å². The third kappa shape index (κ3) is 2.90. The molecular weight excluding hydrogens is 373 g/mol. The van der Waals surface area contributed by atoms with E-state index in [1.165, 1.54) is 35.0 Å². The number of benzene rings is 2. The number of hydrogen-bond acceptors (Lipinski definition) is 3. The summed E-state index contributed by atoms with van der Waals surface area (Å²) in [4.78, 5) is 24.3. The van der Waals surface area contributed by atoms with Crippen molar-refractivity contribution in [2.75, 3.05) is 0 Å². The van der Waals surface area contributed by atoms with E-state index in [0.29, 0.717) is 22.2 Å². The maximum absolute atomic E-state index is 13.3. The van der Waals surface area contributed by atoms with Gasteiger partial charge in [-0.3, -0.25) is 9.36 Å². The van der Waals surface area contributed by atoms with Gasteiger partial charge in [-0.1, -0.05) is 29.8 Å². The summed E-state index contributed by atoms with van der Waals surface area (Å²) in [6.45, 7) is 0. The van der Waals surface area contributed by atoms with Gasteiger partial charge in [0.05, 0.1) is 16.1 Å². The van der Waals surface area contributed by atoms with Crippen LogP contribution < -0.4 is 0 Å². The van der Waals surface area contributed by atoms with Crippen molar-refractivity contribution < 1.29 is 23.5 Å². The molecule has 2 heterocycles. The molecule has 27 heavy (non-hydrogen) atoms. The Labute approximate surface area is 157 Å². The quantitative estimate of drug-likeness (QED) is 0.535. The van der Waals surface area contributed by atoms with Crippen LogP contribution in [0.5, 0.6) is 0 Å². The van der Waals surface area contributed by atoms with E-state index in [2.05, 4.69) is 0 Å². The summed E-state index contributed by atoms with van der Waals surface area (Å²) in [5.41, 5.74) is 1.00. The van der Waals surface area contributed by atoms with E-state index in [9.17, 15) is 19.1 Å². The highest BCUT2D eigenvalue weighted by molar-refractivity contribution is 6.31. The minimum atomic E-state index is -1.13. The maximum Gasteiger partial charge on any atom is 0.337 e. The normalized spacial score (nSPS) is 11.0. The molecule has 0 aliphatic heterocycles. The van der Waals surface area contributed by atoms with Crippen LogP contribution in [-0.2, 0) is 0 Å². The van der Waals surface area contributed by atoms with E-state index >= 15 is 0 Å². The Balaban J connectivity index is 1.76. The lowest BCUT2D eigenvalue weighted by molar-refractivity contribution is 0.0699. The minimum absolute atomic E-state index is 0.0168. The summed E-state index contributed by atoms with van der Waals surface area (Å²) in [7, 11) is 0. The van der Waals surface area contributed by atoms with E-state index in [0.717, 1.165) is 0 Å². The fraction of sp³-hybridized carbons (Fsp3) is 0. The van der Waals surface area contributed by atoms with E-state index in [1.807, 2.05) is 0 Å². The number of para-hydroxylation sites is 1. The SMILES string of the molecule is O=C(O)c1cn(C(=O)c2ccc(-c3ccc(F)c(Cl)c3)o2)c2ccccc12. The molecule has 0 saturated heterocycles. The number of nitrogens with zero attached hydrogens (tertiary/aromatic N) is 1. The summed E-state index contributed by atoms with van der Waals surface area (Å²) in [6, 6.07) is 13.9. The lowest BCUT2D eigenvalue weighted by Crippen LogP contribution is -2.09. The molecule has 0 saturated carbocycles. The molecule has 2 aromatic carbocycles. The standard InChI is InChI=1S/C20H11ClFNO4/c21-14-9-11(5-6-15(14)22)17-7-8-18(27-17)19(24)23-10-13(20(25)26)12-3-1-2-4-16(12)23/h1-10H,(H,25,26). The zero-order valence-corrected chi connectivity index (χ0v) is 14.4. The van der Waals surface area contributed by atoms with Gasteiger partial charge >= 0.3 is 5.97 Å². The molecule has 0 atom stereocenters. The second kappa shape index (κ2) is 6.41. The number of carbonyl (C=O) groups is 2. The first kappa shape index (κ1) is 17.1. The van der Waals surface area contributed by atoms with Gasteiger partial charge in [0.1, 0.15) is 11.6 Å². The smallest absolute Gasteiger partial charge is 0.337 e. The van der Waals surface area contributed by atoms with E-state index in [1.54, 1.807) is 30.3 Å². The predicted molar refractivity (Wildman–Crippen MR) is 97.7 cm³/mol. The fourth-order valence-electron chi connectivity index (χ4n) is 2.89. The van der Waals surface area contributed by atoms with Gasteiger partial charge in [0.15, 0.2) is 5.76 Å². The molecule has 0 amide bonds. The zero-order valence-electron chi connectivity index (χ0n) is 13.6. The van der Waals surface area contributed by atoms with Crippen molar-refractivity contribution in [1.82, 2.24) is 4.57 Å². The molecule has 134 valence electrons. The van der Waals surface area contributed by atoms with Crippen LogP contribution in [0.1, 0.15) is 20.9 Å². The van der Waals surface area contributed by atoms with Crippen LogP contribution in [0.25, 0.3) is 22.2 Å². The van der Waals surface area contributed by atoms with Crippen LogP contribution in [0, 0.1) is 5.82 Å². The van der Waals surface area contributed by atoms with Crippen LogP contribution in [0.4, 0.5) is 4.39 Å². The highest BCUT2D eigenvalue weighted by atomic mass is 35.5. The molecule has 5 nitrogen and oxygen atoms in total. The topological polar surface area (TPSA) is 72.4 Å². The Bertz CT molecular complexity index is 1210. The number of furan rings is 1. The van der Waals surface area contributed by atoms with Crippen LogP contribution in [0.3, 0.4) is 0 Å². The molecular formula is C20H11ClFNO4. The highest BCUT2D eigenvalue weighted by Crippen LogP contribution is 2.28. The Morgan fingerprint density at radius 2 is 1.85 bits per heavy atom. The highest BCUT2D eigenvalue weighted by Gasteiger charge is 2.21. The van der Waals surface area contributed by atoms with Gasteiger partial charge in [-0.2, -0.15) is 0 Å². The first-order valence-electron chi connectivity index (χ1n) is 7.89. The summed E-state index contributed by atoms with van der Waals surface area (Å²) in [6.07, 6.45) is 1.27. The largest absolute Gasteiger partial charge is 0.478 e. The molecule has 4 rings (SSSR count). The van der Waals surface area contributed by atoms with Gasteiger partial charge in [0.25, 0.3) is 5.91 Å². The van der Waals surface area contributed by atoms with Crippen molar-refractivity contribution in [1.29, 1.82) is 0 Å². The second-order valence-corrected chi connectivity index (χ2v) is 6.24. The first-order chi connectivity index (χ1) is 13.0. The lowest BCUT2D eigenvalue weighted by atomic mass is 10.2. The van der Waals surface area contributed by atoms with Crippen LogP contribution in [-0.4, -0.2) is 21.6 Å². The van der Waals surface area contributed by atoms with Crippen molar-refractivity contribution in [2.24, 2.45) is 0 Å². The van der Waals surface area contributed by atoms with Crippen molar-refractivity contribution in [3.63, 3.8) is 0 Å². The molecule has 4 aromatic rings. The monoisotopic (exact) mass is 383 g/mol. The number of hydrogen-bond donors (Lipinski definition) is 1. The number of fused-ring (bicyclic) bond motifs is 1. The first-order valence-corrected chi connectivity index (χ1v) is 8.27. The van der Waals surface area contributed by atoms with Crippen molar-refractivity contribution >= 4 is 34.4 Å². The molecule has 1 N–H and O–H groups in total.